The van der Waals surface area contributed by atoms with E-state index >= 15 is 0 Å². The lowest BCUT2D eigenvalue weighted by Crippen LogP contribution is -2.55. The van der Waals surface area contributed by atoms with Gasteiger partial charge in [0.2, 0.25) is 22.8 Å². The van der Waals surface area contributed by atoms with Gasteiger partial charge in [-0.2, -0.15) is 0 Å². The van der Waals surface area contributed by atoms with E-state index in [0.717, 1.165) is 28.3 Å². The van der Waals surface area contributed by atoms with Crippen molar-refractivity contribution in [2.24, 2.45) is 0 Å². The molecule has 9 aromatic rings. The van der Waals surface area contributed by atoms with Crippen LogP contribution in [-0.4, -0.2) is 7.12 Å². The fourth-order valence-corrected chi connectivity index (χ4v) is 6.64. The molecule has 58 heavy (non-hydrogen) atoms. The SMILES string of the molecule is Cc1cccc(B([O-])[O-])c1.c1ccc(-c2cc(-c3ccccc3)[nH+]c(-c3ccccc3)c2)cc1.c1ccc(-c2cc(-c3ccccc3)[nH+]c(-c3ccccc3)c2)cc1. The lowest BCUT2D eigenvalue weighted by Gasteiger charge is -2.26. The first-order chi connectivity index (χ1) is 28.5. The van der Waals surface area contributed by atoms with Crippen molar-refractivity contribution in [3.63, 3.8) is 0 Å². The Hall–Kier alpha value is -7.18. The molecule has 0 aliphatic heterocycles. The van der Waals surface area contributed by atoms with Gasteiger partial charge in [0.1, 0.15) is 0 Å². The van der Waals surface area contributed by atoms with Crippen LogP contribution >= 0.6 is 0 Å². The van der Waals surface area contributed by atoms with E-state index in [-0.39, 0.29) is 0 Å². The molecule has 0 fully saturated rings. The molecule has 2 aromatic heterocycles. The highest BCUT2D eigenvalue weighted by Gasteiger charge is 2.15. The molecular weight excluding hydrogens is 707 g/mol. The minimum Gasteiger partial charge on any atom is -0.889 e. The van der Waals surface area contributed by atoms with Crippen molar-refractivity contribution in [3.8, 4) is 67.3 Å². The van der Waals surface area contributed by atoms with Gasteiger partial charge in [0.25, 0.3) is 0 Å². The zero-order valence-corrected chi connectivity index (χ0v) is 32.3. The van der Waals surface area contributed by atoms with Crippen molar-refractivity contribution in [3.05, 3.63) is 236 Å². The minimum atomic E-state index is -1.85. The van der Waals surface area contributed by atoms with Gasteiger partial charge in [0.05, 0.1) is 0 Å². The molecule has 0 amide bonds. The Balaban J connectivity index is 0.000000144. The molecule has 2 heterocycles. The molecule has 0 saturated carbocycles. The monoisotopic (exact) mass is 750 g/mol. The van der Waals surface area contributed by atoms with Crippen molar-refractivity contribution in [1.82, 2.24) is 0 Å². The third-order valence-corrected chi connectivity index (χ3v) is 9.61. The van der Waals surface area contributed by atoms with Gasteiger partial charge < -0.3 is 10.0 Å². The maximum Gasteiger partial charge on any atom is 0.211 e. The summed E-state index contributed by atoms with van der Waals surface area (Å²) in [5.41, 5.74) is 15.4. The summed E-state index contributed by atoms with van der Waals surface area (Å²) in [4.78, 5) is 7.17. The summed E-state index contributed by atoms with van der Waals surface area (Å²) in [6, 6.07) is 78.5. The van der Waals surface area contributed by atoms with E-state index in [1.54, 1.807) is 18.2 Å². The molecule has 2 N–H and O–H groups in total. The number of pyridine rings is 2. The normalized spacial score (nSPS) is 10.3. The van der Waals surface area contributed by atoms with Crippen LogP contribution in [0.5, 0.6) is 0 Å². The van der Waals surface area contributed by atoms with Gasteiger partial charge in [-0.1, -0.05) is 170 Å². The number of rotatable bonds is 7. The van der Waals surface area contributed by atoms with Gasteiger partial charge in [-0.3, -0.25) is 0 Å². The third kappa shape index (κ3) is 10.6. The summed E-state index contributed by atoms with van der Waals surface area (Å²) >= 11 is 0. The van der Waals surface area contributed by atoms with Crippen LogP contribution in [-0.2, 0) is 0 Å². The Morgan fingerprint density at radius 3 is 0.810 bits per heavy atom. The predicted molar refractivity (Wildman–Crippen MR) is 235 cm³/mol. The maximum absolute atomic E-state index is 10.3. The molecule has 0 saturated heterocycles. The molecule has 7 aromatic carbocycles. The van der Waals surface area contributed by atoms with Crippen molar-refractivity contribution >= 4 is 12.6 Å². The second kappa shape index (κ2) is 19.6. The molecule has 0 bridgehead atoms. The highest BCUT2D eigenvalue weighted by molar-refractivity contribution is 6.55. The van der Waals surface area contributed by atoms with Crippen molar-refractivity contribution in [2.75, 3.05) is 0 Å². The Morgan fingerprint density at radius 1 is 0.293 bits per heavy atom. The van der Waals surface area contributed by atoms with Gasteiger partial charge in [-0.05, 0) is 77.7 Å². The Labute approximate surface area is 341 Å². The van der Waals surface area contributed by atoms with Gasteiger partial charge in [-0.25, -0.2) is 9.97 Å². The molecule has 0 aliphatic rings. The number of H-pyrrole nitrogens is 2. The van der Waals surface area contributed by atoms with Crippen LogP contribution in [0, 0.1) is 6.92 Å². The van der Waals surface area contributed by atoms with E-state index in [9.17, 15) is 10.0 Å². The number of benzene rings is 7. The van der Waals surface area contributed by atoms with Crippen molar-refractivity contribution in [1.29, 1.82) is 0 Å². The van der Waals surface area contributed by atoms with Crippen LogP contribution in [0.15, 0.2) is 231 Å². The van der Waals surface area contributed by atoms with Crippen LogP contribution in [0.25, 0.3) is 67.3 Å². The van der Waals surface area contributed by atoms with Crippen molar-refractivity contribution < 1.29 is 20.0 Å². The molecule has 4 nitrogen and oxygen atoms in total. The number of aromatic amines is 2. The van der Waals surface area contributed by atoms with Crippen LogP contribution in [0.2, 0.25) is 0 Å². The largest absolute Gasteiger partial charge is 0.889 e. The lowest BCUT2D eigenvalue weighted by atomic mass is 9.80. The number of hydrogen-bond acceptors (Lipinski definition) is 2. The van der Waals surface area contributed by atoms with E-state index in [0.29, 0.717) is 5.46 Å². The van der Waals surface area contributed by atoms with E-state index in [1.165, 1.54) is 44.5 Å². The number of aryl methyl sites for hydroxylation is 1. The van der Waals surface area contributed by atoms with Crippen LogP contribution < -0.4 is 25.5 Å². The van der Waals surface area contributed by atoms with Crippen LogP contribution in [0.1, 0.15) is 5.56 Å². The average molecular weight is 751 g/mol. The maximum atomic E-state index is 10.3. The fraction of sp³-hybridized carbons (Fsp3) is 0.0189. The van der Waals surface area contributed by atoms with Crippen LogP contribution in [0.4, 0.5) is 0 Å². The van der Waals surface area contributed by atoms with Gasteiger partial charge in [0.15, 0.2) is 0 Å². The molecule has 0 spiro atoms. The molecular formula is C53H43BN2O2. The summed E-state index contributed by atoms with van der Waals surface area (Å²) in [6.45, 7) is 1.85. The molecule has 280 valence electrons. The Morgan fingerprint density at radius 2 is 0.569 bits per heavy atom. The first-order valence-electron chi connectivity index (χ1n) is 19.4. The summed E-state index contributed by atoms with van der Waals surface area (Å²) < 4.78 is 0. The number of hydrogen-bond donors (Lipinski definition) is 0. The fourth-order valence-electron chi connectivity index (χ4n) is 6.64. The highest BCUT2D eigenvalue weighted by atomic mass is 16.4. The van der Waals surface area contributed by atoms with Crippen molar-refractivity contribution in [2.45, 2.75) is 6.92 Å². The second-order valence-electron chi connectivity index (χ2n) is 13.8. The zero-order valence-electron chi connectivity index (χ0n) is 32.3. The number of nitrogens with one attached hydrogen (secondary N) is 2. The van der Waals surface area contributed by atoms with Crippen LogP contribution in [0.3, 0.4) is 0 Å². The first-order valence-corrected chi connectivity index (χ1v) is 19.4. The Kier molecular flexibility index (Phi) is 13.2. The highest BCUT2D eigenvalue weighted by Crippen LogP contribution is 2.29. The Bertz CT molecular complexity index is 2180. The smallest absolute Gasteiger partial charge is 0.211 e. The van der Waals surface area contributed by atoms with E-state index in [4.69, 9.17) is 0 Å². The second-order valence-corrected chi connectivity index (χ2v) is 13.8. The lowest BCUT2D eigenvalue weighted by molar-refractivity contribution is -0.351. The molecule has 0 radical (unpaired) electrons. The molecule has 0 aliphatic carbocycles. The summed E-state index contributed by atoms with van der Waals surface area (Å²) in [5, 5.41) is 20.7. The van der Waals surface area contributed by atoms with Gasteiger partial charge >= 0.3 is 0 Å². The molecule has 9 rings (SSSR count). The third-order valence-electron chi connectivity index (χ3n) is 9.61. The quantitative estimate of drug-likeness (QED) is 0.152. The topological polar surface area (TPSA) is 74.4 Å². The summed E-state index contributed by atoms with van der Waals surface area (Å²) in [5.74, 6) is 0. The minimum absolute atomic E-state index is 0.319. The average Bonchev–Trinajstić information content (AvgIpc) is 3.31. The predicted octanol–water partition coefficient (Wildman–Crippen LogP) is 9.41. The van der Waals surface area contributed by atoms with E-state index < -0.39 is 7.12 Å². The van der Waals surface area contributed by atoms with E-state index in [2.05, 4.69) is 192 Å². The molecule has 0 atom stereocenters. The first kappa shape index (κ1) is 39.1. The van der Waals surface area contributed by atoms with Gasteiger partial charge in [-0.15, -0.1) is 5.46 Å². The zero-order chi connectivity index (χ0) is 39.9. The summed E-state index contributed by atoms with van der Waals surface area (Å²) in [6.07, 6.45) is 0. The standard InChI is InChI=1S/2C23H17N.C7H7BO2/c2*1-4-10-18(11-5-1)21-16-22(19-12-6-2-7-13-19)24-23(17-21)20-14-8-3-9-15-20;1-6-3-2-4-7(5-6)8(9)10/h2*1-17H;2-5H,1H3/q;;-2/p+2. The van der Waals surface area contributed by atoms with Gasteiger partial charge in [0, 0.05) is 46.5 Å². The summed E-state index contributed by atoms with van der Waals surface area (Å²) in [7, 11) is -1.85. The molecule has 5 heteroatoms. The molecule has 0 unspecified atom stereocenters. The van der Waals surface area contributed by atoms with E-state index in [1.807, 2.05) is 37.3 Å². The number of aromatic nitrogens is 2.